The Hall–Kier alpha value is -2.63. The molecule has 0 aliphatic rings. The number of carbonyl (C=O) groups is 3. The van der Waals surface area contributed by atoms with Crippen LogP contribution in [0.2, 0.25) is 0 Å². The van der Waals surface area contributed by atoms with E-state index < -0.39 is 6.10 Å². The first kappa shape index (κ1) is 78.4. The standard InChI is InChI=1S/C75H138O6/c1-4-7-10-13-16-18-20-22-24-26-28-30-32-34-35-36-37-38-39-40-42-43-45-47-49-51-53-55-57-59-62-65-68-74(77)80-71-72(70-79-73(76)67-64-61-15-12-9-6-3)81-75(78)69-66-63-60-58-56-54-52-50-48-46-44-41-33-31-29-27-25-23-21-19-17-14-11-8-5-2/h8,11,17,19,23,25,29,31,72H,4-7,9-10,12-16,18,20-22,24,26-28,30,32-71H2,1-3H3/b11-8-,19-17-,25-23-,31-29-. The lowest BCUT2D eigenvalue weighted by Crippen LogP contribution is -2.30. The van der Waals surface area contributed by atoms with Gasteiger partial charge in [0.2, 0.25) is 0 Å². The van der Waals surface area contributed by atoms with Crippen LogP contribution in [0.25, 0.3) is 0 Å². The number of hydrogen-bond acceptors (Lipinski definition) is 6. The Labute approximate surface area is 505 Å². The van der Waals surface area contributed by atoms with Crippen molar-refractivity contribution in [3.05, 3.63) is 48.6 Å². The van der Waals surface area contributed by atoms with Gasteiger partial charge in [0.1, 0.15) is 13.2 Å². The maximum Gasteiger partial charge on any atom is 0.306 e. The summed E-state index contributed by atoms with van der Waals surface area (Å²) in [5.41, 5.74) is 0. The van der Waals surface area contributed by atoms with Crippen LogP contribution >= 0.6 is 0 Å². The van der Waals surface area contributed by atoms with Gasteiger partial charge >= 0.3 is 17.9 Å². The second-order valence-electron chi connectivity index (χ2n) is 24.5. The van der Waals surface area contributed by atoms with Crippen molar-refractivity contribution in [2.75, 3.05) is 13.2 Å². The van der Waals surface area contributed by atoms with E-state index in [1.165, 1.54) is 270 Å². The van der Waals surface area contributed by atoms with E-state index in [-0.39, 0.29) is 31.1 Å². The molecule has 0 aliphatic carbocycles. The van der Waals surface area contributed by atoms with Gasteiger partial charge < -0.3 is 14.2 Å². The van der Waals surface area contributed by atoms with Crippen LogP contribution in [0.1, 0.15) is 393 Å². The number of ether oxygens (including phenoxy) is 3. The molecule has 0 fully saturated rings. The lowest BCUT2D eigenvalue weighted by Gasteiger charge is -2.18. The average molecular weight is 1140 g/mol. The van der Waals surface area contributed by atoms with E-state index in [2.05, 4.69) is 69.4 Å². The Kier molecular flexibility index (Phi) is 67.6. The summed E-state index contributed by atoms with van der Waals surface area (Å²) < 4.78 is 16.9. The Bertz CT molecular complexity index is 1400. The molecule has 0 bridgehead atoms. The number of rotatable bonds is 67. The summed E-state index contributed by atoms with van der Waals surface area (Å²) in [6.07, 6.45) is 89.2. The third-order valence-electron chi connectivity index (χ3n) is 16.3. The van der Waals surface area contributed by atoms with Gasteiger partial charge in [0, 0.05) is 19.3 Å². The third kappa shape index (κ3) is 68.0. The lowest BCUT2D eigenvalue weighted by atomic mass is 10.0. The van der Waals surface area contributed by atoms with Crippen molar-refractivity contribution < 1.29 is 28.6 Å². The van der Waals surface area contributed by atoms with Crippen LogP contribution in [0.5, 0.6) is 0 Å². The highest BCUT2D eigenvalue weighted by atomic mass is 16.6. The summed E-state index contributed by atoms with van der Waals surface area (Å²) in [6, 6.07) is 0. The smallest absolute Gasteiger partial charge is 0.306 e. The molecule has 0 rings (SSSR count). The van der Waals surface area contributed by atoms with E-state index in [9.17, 15) is 14.4 Å². The molecule has 0 saturated heterocycles. The second kappa shape index (κ2) is 69.9. The fourth-order valence-corrected chi connectivity index (χ4v) is 11.0. The van der Waals surface area contributed by atoms with Crippen molar-refractivity contribution in [2.45, 2.75) is 399 Å². The first-order chi connectivity index (χ1) is 40.0. The molecule has 0 spiro atoms. The predicted octanol–water partition coefficient (Wildman–Crippen LogP) is 24.9. The van der Waals surface area contributed by atoms with E-state index in [1.807, 2.05) is 0 Å². The van der Waals surface area contributed by atoms with Crippen molar-refractivity contribution in [3.63, 3.8) is 0 Å². The molecular formula is C75H138O6. The van der Waals surface area contributed by atoms with Crippen LogP contribution in [0.15, 0.2) is 48.6 Å². The molecule has 0 aliphatic heterocycles. The van der Waals surface area contributed by atoms with E-state index in [0.717, 1.165) is 83.5 Å². The van der Waals surface area contributed by atoms with E-state index in [1.54, 1.807) is 0 Å². The summed E-state index contributed by atoms with van der Waals surface area (Å²) in [5, 5.41) is 0. The Balaban J connectivity index is 3.94. The molecule has 0 aromatic rings. The third-order valence-corrected chi connectivity index (χ3v) is 16.3. The Morgan fingerprint density at radius 3 is 0.753 bits per heavy atom. The van der Waals surface area contributed by atoms with Crippen LogP contribution in [0.4, 0.5) is 0 Å². The fourth-order valence-electron chi connectivity index (χ4n) is 11.0. The topological polar surface area (TPSA) is 78.9 Å². The average Bonchev–Trinajstić information content (AvgIpc) is 3.47. The highest BCUT2D eigenvalue weighted by Gasteiger charge is 2.19. The van der Waals surface area contributed by atoms with Crippen molar-refractivity contribution >= 4 is 17.9 Å². The minimum absolute atomic E-state index is 0.0689. The molecule has 474 valence electrons. The van der Waals surface area contributed by atoms with E-state index in [4.69, 9.17) is 14.2 Å². The number of carbonyl (C=O) groups excluding carboxylic acids is 3. The number of allylic oxidation sites excluding steroid dienone is 8. The molecule has 81 heavy (non-hydrogen) atoms. The molecule has 0 N–H and O–H groups in total. The van der Waals surface area contributed by atoms with Gasteiger partial charge in [-0.1, -0.05) is 365 Å². The van der Waals surface area contributed by atoms with Crippen molar-refractivity contribution in [3.8, 4) is 0 Å². The first-order valence-electron chi connectivity index (χ1n) is 36.1. The van der Waals surface area contributed by atoms with Crippen LogP contribution in [-0.2, 0) is 28.6 Å². The van der Waals surface area contributed by atoms with Gasteiger partial charge in [-0.3, -0.25) is 14.4 Å². The van der Waals surface area contributed by atoms with Crippen molar-refractivity contribution in [1.82, 2.24) is 0 Å². The summed E-state index contributed by atoms with van der Waals surface area (Å²) in [4.78, 5) is 38.1. The largest absolute Gasteiger partial charge is 0.462 e. The number of hydrogen-bond donors (Lipinski definition) is 0. The van der Waals surface area contributed by atoms with Crippen LogP contribution in [0, 0.1) is 0 Å². The maximum atomic E-state index is 12.9. The molecule has 0 amide bonds. The van der Waals surface area contributed by atoms with Crippen molar-refractivity contribution in [1.29, 1.82) is 0 Å². The highest BCUT2D eigenvalue weighted by molar-refractivity contribution is 5.71. The summed E-state index contributed by atoms with van der Waals surface area (Å²) in [6.45, 7) is 6.53. The molecular weight excluding hydrogens is 997 g/mol. The highest BCUT2D eigenvalue weighted by Crippen LogP contribution is 2.19. The fraction of sp³-hybridized carbons (Fsp3) is 0.853. The van der Waals surface area contributed by atoms with Gasteiger partial charge in [0.25, 0.3) is 0 Å². The molecule has 1 atom stereocenters. The minimum Gasteiger partial charge on any atom is -0.462 e. The molecule has 1 unspecified atom stereocenters. The first-order valence-corrected chi connectivity index (χ1v) is 36.1. The predicted molar refractivity (Wildman–Crippen MR) is 353 cm³/mol. The van der Waals surface area contributed by atoms with E-state index in [0.29, 0.717) is 19.3 Å². The normalized spacial score (nSPS) is 12.3. The summed E-state index contributed by atoms with van der Waals surface area (Å²) in [5.74, 6) is -0.857. The minimum atomic E-state index is -0.770. The molecule has 0 aromatic carbocycles. The van der Waals surface area contributed by atoms with Crippen molar-refractivity contribution in [2.24, 2.45) is 0 Å². The second-order valence-corrected chi connectivity index (χ2v) is 24.5. The van der Waals surface area contributed by atoms with Gasteiger partial charge in [0.15, 0.2) is 6.10 Å². The van der Waals surface area contributed by atoms with Gasteiger partial charge in [-0.15, -0.1) is 0 Å². The lowest BCUT2D eigenvalue weighted by molar-refractivity contribution is -0.167. The van der Waals surface area contributed by atoms with Gasteiger partial charge in [0.05, 0.1) is 0 Å². The monoisotopic (exact) mass is 1140 g/mol. The zero-order valence-electron chi connectivity index (χ0n) is 54.6. The zero-order valence-corrected chi connectivity index (χ0v) is 54.6. The van der Waals surface area contributed by atoms with Gasteiger partial charge in [-0.2, -0.15) is 0 Å². The molecule has 0 saturated carbocycles. The van der Waals surface area contributed by atoms with Gasteiger partial charge in [-0.25, -0.2) is 0 Å². The Morgan fingerprint density at radius 2 is 0.481 bits per heavy atom. The quantitative estimate of drug-likeness (QED) is 0.0261. The molecule has 6 heteroatoms. The zero-order chi connectivity index (χ0) is 58.5. The molecule has 0 heterocycles. The number of esters is 3. The van der Waals surface area contributed by atoms with Crippen LogP contribution < -0.4 is 0 Å². The molecule has 0 radical (unpaired) electrons. The molecule has 6 nitrogen and oxygen atoms in total. The number of unbranched alkanes of at least 4 members (excludes halogenated alkanes) is 48. The summed E-state index contributed by atoms with van der Waals surface area (Å²) in [7, 11) is 0. The van der Waals surface area contributed by atoms with Crippen LogP contribution in [-0.4, -0.2) is 37.2 Å². The summed E-state index contributed by atoms with van der Waals surface area (Å²) >= 11 is 0. The van der Waals surface area contributed by atoms with E-state index >= 15 is 0 Å². The molecule has 0 aromatic heterocycles. The van der Waals surface area contributed by atoms with Crippen LogP contribution in [0.3, 0.4) is 0 Å². The maximum absolute atomic E-state index is 12.9. The Morgan fingerprint density at radius 1 is 0.259 bits per heavy atom. The van der Waals surface area contributed by atoms with Gasteiger partial charge in [-0.05, 0) is 57.8 Å². The SMILES string of the molecule is CC/C=C\C/C=C\C/C=C\C/C=C\CCCCCCCCCCCCCCC(=O)OC(COC(=O)CCCCCCCC)COC(=O)CCCCCCCCCCCCCCCCCCCCCCCCCCCCCCCCCC.